The third-order valence-corrected chi connectivity index (χ3v) is 8.84. The van der Waals surface area contributed by atoms with Gasteiger partial charge >= 0.3 is 0 Å². The van der Waals surface area contributed by atoms with E-state index in [9.17, 15) is 5.11 Å². The minimum atomic E-state index is 0.153. The van der Waals surface area contributed by atoms with Crippen LogP contribution in [0.4, 0.5) is 0 Å². The van der Waals surface area contributed by atoms with Gasteiger partial charge in [0.25, 0.3) is 0 Å². The van der Waals surface area contributed by atoms with Crippen LogP contribution in [0.25, 0.3) is 89.1 Å². The van der Waals surface area contributed by atoms with Crippen LogP contribution in [-0.4, -0.2) is 20.1 Å². The Morgan fingerprint density at radius 3 is 1.81 bits per heavy atom. The van der Waals surface area contributed by atoms with E-state index in [1.54, 1.807) is 0 Å². The number of benzene rings is 7. The molecule has 0 spiro atoms. The molecular formula is C43H27N3O2. The van der Waals surface area contributed by atoms with Crippen molar-refractivity contribution in [2.75, 3.05) is 0 Å². The summed E-state index contributed by atoms with van der Waals surface area (Å²) in [6.45, 7) is 0. The molecule has 0 fully saturated rings. The largest absolute Gasteiger partial charge is 0.507 e. The molecule has 0 aliphatic rings. The Balaban J connectivity index is 1.27. The van der Waals surface area contributed by atoms with Crippen LogP contribution >= 0.6 is 0 Å². The Morgan fingerprint density at radius 2 is 1.00 bits per heavy atom. The molecule has 48 heavy (non-hydrogen) atoms. The predicted molar refractivity (Wildman–Crippen MR) is 193 cm³/mol. The normalized spacial score (nSPS) is 11.4. The SMILES string of the molecule is Oc1c(-c2ccc3oc4ccccc4c3c2)ccc(-c2nc(-c3ccccc3)nc(-c3ccc4ccccc4c3)n2)c1-c1ccccc1. The lowest BCUT2D eigenvalue weighted by molar-refractivity contribution is 0.479. The van der Waals surface area contributed by atoms with Crippen LogP contribution in [0.1, 0.15) is 0 Å². The fourth-order valence-electron chi connectivity index (χ4n) is 6.47. The van der Waals surface area contributed by atoms with Gasteiger partial charge < -0.3 is 9.52 Å². The summed E-state index contributed by atoms with van der Waals surface area (Å²) in [5, 5.41) is 16.5. The number of aromatic nitrogens is 3. The van der Waals surface area contributed by atoms with Crippen LogP contribution < -0.4 is 0 Å². The Bertz CT molecular complexity index is 2630. The molecule has 0 amide bonds. The van der Waals surface area contributed by atoms with E-state index in [0.29, 0.717) is 34.2 Å². The molecule has 226 valence electrons. The molecule has 2 heterocycles. The van der Waals surface area contributed by atoms with E-state index < -0.39 is 0 Å². The second-order valence-electron chi connectivity index (χ2n) is 11.8. The van der Waals surface area contributed by atoms with E-state index in [0.717, 1.165) is 55.0 Å². The summed E-state index contributed by atoms with van der Waals surface area (Å²) >= 11 is 0. The first-order valence-corrected chi connectivity index (χ1v) is 15.8. The molecule has 2 aromatic heterocycles. The number of nitrogens with zero attached hydrogens (tertiary/aromatic N) is 3. The van der Waals surface area contributed by atoms with E-state index in [1.165, 1.54) is 0 Å². The van der Waals surface area contributed by atoms with Crippen molar-refractivity contribution in [3.05, 3.63) is 158 Å². The highest BCUT2D eigenvalue weighted by Gasteiger charge is 2.21. The topological polar surface area (TPSA) is 72.0 Å². The number of hydrogen-bond donors (Lipinski definition) is 1. The number of fused-ring (bicyclic) bond motifs is 4. The van der Waals surface area contributed by atoms with Gasteiger partial charge in [0.2, 0.25) is 0 Å². The molecule has 0 aliphatic carbocycles. The Kier molecular flexibility index (Phi) is 6.54. The summed E-state index contributed by atoms with van der Waals surface area (Å²) in [4.78, 5) is 15.0. The lowest BCUT2D eigenvalue weighted by Gasteiger charge is -2.16. The molecule has 0 saturated heterocycles. The smallest absolute Gasteiger partial charge is 0.164 e. The zero-order valence-electron chi connectivity index (χ0n) is 25.7. The molecule has 0 saturated carbocycles. The van der Waals surface area contributed by atoms with Gasteiger partial charge in [0.1, 0.15) is 16.9 Å². The number of phenolic OH excluding ortho intramolecular Hbond substituents is 1. The first-order chi connectivity index (χ1) is 23.7. The highest BCUT2D eigenvalue weighted by atomic mass is 16.3. The lowest BCUT2D eigenvalue weighted by Crippen LogP contribution is -2.01. The second kappa shape index (κ2) is 11.3. The summed E-state index contributed by atoms with van der Waals surface area (Å²) in [7, 11) is 0. The van der Waals surface area contributed by atoms with Crippen molar-refractivity contribution in [1.29, 1.82) is 0 Å². The number of aromatic hydroxyl groups is 1. The van der Waals surface area contributed by atoms with Crippen LogP contribution in [-0.2, 0) is 0 Å². The average Bonchev–Trinajstić information content (AvgIpc) is 3.53. The summed E-state index contributed by atoms with van der Waals surface area (Å²) in [6, 6.07) is 52.3. The van der Waals surface area contributed by atoms with Crippen molar-refractivity contribution in [1.82, 2.24) is 15.0 Å². The summed E-state index contributed by atoms with van der Waals surface area (Å²) in [6.07, 6.45) is 0. The summed E-state index contributed by atoms with van der Waals surface area (Å²) in [5.41, 5.74) is 7.21. The van der Waals surface area contributed by atoms with Crippen molar-refractivity contribution in [3.8, 4) is 62.2 Å². The number of phenols is 1. The highest BCUT2D eigenvalue weighted by Crippen LogP contribution is 2.45. The number of rotatable bonds is 5. The third kappa shape index (κ3) is 4.77. The number of hydrogen-bond acceptors (Lipinski definition) is 5. The lowest BCUT2D eigenvalue weighted by atomic mass is 9.92. The fraction of sp³-hybridized carbons (Fsp3) is 0. The van der Waals surface area contributed by atoms with Gasteiger partial charge in [-0.2, -0.15) is 0 Å². The van der Waals surface area contributed by atoms with Gasteiger partial charge in [0, 0.05) is 38.6 Å². The van der Waals surface area contributed by atoms with Crippen molar-refractivity contribution >= 4 is 32.7 Å². The van der Waals surface area contributed by atoms with Crippen LogP contribution in [0.5, 0.6) is 5.75 Å². The van der Waals surface area contributed by atoms with Gasteiger partial charge in [-0.25, -0.2) is 15.0 Å². The molecule has 7 aromatic carbocycles. The summed E-state index contributed by atoms with van der Waals surface area (Å²) < 4.78 is 6.08. The minimum absolute atomic E-state index is 0.153. The Hall–Kier alpha value is -6.59. The quantitative estimate of drug-likeness (QED) is 0.208. The first kappa shape index (κ1) is 27.7. The van der Waals surface area contributed by atoms with Gasteiger partial charge in [0.15, 0.2) is 17.5 Å². The van der Waals surface area contributed by atoms with Crippen molar-refractivity contribution in [2.45, 2.75) is 0 Å². The van der Waals surface area contributed by atoms with Gasteiger partial charge in [0.05, 0.1) is 0 Å². The Labute approximate surface area is 276 Å². The highest BCUT2D eigenvalue weighted by molar-refractivity contribution is 6.06. The maximum Gasteiger partial charge on any atom is 0.164 e. The molecule has 9 rings (SSSR count). The Morgan fingerprint density at radius 1 is 0.396 bits per heavy atom. The molecule has 9 aromatic rings. The number of para-hydroxylation sites is 1. The van der Waals surface area contributed by atoms with Crippen LogP contribution in [0.2, 0.25) is 0 Å². The molecule has 0 unspecified atom stereocenters. The van der Waals surface area contributed by atoms with Gasteiger partial charge in [-0.1, -0.05) is 121 Å². The van der Waals surface area contributed by atoms with Crippen molar-refractivity contribution in [3.63, 3.8) is 0 Å². The molecule has 1 N–H and O–H groups in total. The van der Waals surface area contributed by atoms with Gasteiger partial charge in [-0.05, 0) is 58.3 Å². The van der Waals surface area contributed by atoms with Gasteiger partial charge in [-0.3, -0.25) is 0 Å². The van der Waals surface area contributed by atoms with E-state index in [-0.39, 0.29) is 5.75 Å². The number of furan rings is 1. The molecule has 5 heteroatoms. The van der Waals surface area contributed by atoms with Crippen molar-refractivity contribution in [2.24, 2.45) is 0 Å². The monoisotopic (exact) mass is 617 g/mol. The molecule has 0 aliphatic heterocycles. The zero-order valence-corrected chi connectivity index (χ0v) is 25.7. The van der Waals surface area contributed by atoms with Gasteiger partial charge in [-0.15, -0.1) is 0 Å². The molecule has 0 atom stereocenters. The molecular weight excluding hydrogens is 590 g/mol. The van der Waals surface area contributed by atoms with E-state index in [1.807, 2.05) is 121 Å². The third-order valence-electron chi connectivity index (χ3n) is 8.84. The molecule has 5 nitrogen and oxygen atoms in total. The first-order valence-electron chi connectivity index (χ1n) is 15.8. The zero-order chi connectivity index (χ0) is 32.0. The van der Waals surface area contributed by atoms with Crippen molar-refractivity contribution < 1.29 is 9.52 Å². The fourth-order valence-corrected chi connectivity index (χ4v) is 6.47. The van der Waals surface area contributed by atoms with E-state index in [4.69, 9.17) is 19.4 Å². The maximum absolute atomic E-state index is 12.2. The van der Waals surface area contributed by atoms with Crippen LogP contribution in [0.15, 0.2) is 162 Å². The maximum atomic E-state index is 12.2. The van der Waals surface area contributed by atoms with Crippen LogP contribution in [0, 0.1) is 0 Å². The standard InChI is InChI=1S/C43H27N3O2/c47-40-33(31-21-24-38-36(26-31)34-17-9-10-18-37(34)48-38)22-23-35(39(40)28-12-3-1-4-13-28)43-45-41(29-14-5-2-6-15-29)44-42(46-43)32-20-19-27-11-7-8-16-30(27)25-32/h1-26,47H. The molecule has 0 bridgehead atoms. The summed E-state index contributed by atoms with van der Waals surface area (Å²) in [5.74, 6) is 1.75. The average molecular weight is 618 g/mol. The van der Waals surface area contributed by atoms with Crippen LogP contribution in [0.3, 0.4) is 0 Å². The minimum Gasteiger partial charge on any atom is -0.507 e. The van der Waals surface area contributed by atoms with E-state index in [2.05, 4.69) is 36.4 Å². The second-order valence-corrected chi connectivity index (χ2v) is 11.8. The molecule has 0 radical (unpaired) electrons. The van der Waals surface area contributed by atoms with E-state index >= 15 is 0 Å². The predicted octanol–water partition coefficient (Wildman–Crippen LogP) is 11.0.